The van der Waals surface area contributed by atoms with Crippen molar-refractivity contribution in [1.29, 1.82) is 0 Å². The third-order valence-electron chi connectivity index (χ3n) is 4.84. The van der Waals surface area contributed by atoms with Gasteiger partial charge in [0.15, 0.2) is 0 Å². The number of anilines is 1. The number of rotatable bonds is 4. The molecule has 1 saturated heterocycles. The number of carbonyl (C=O) groups excluding carboxylic acids is 1. The molecule has 2 aromatic rings. The maximum Gasteiger partial charge on any atom is 0.253 e. The van der Waals surface area contributed by atoms with Crippen LogP contribution in [-0.2, 0) is 6.42 Å². The van der Waals surface area contributed by atoms with E-state index in [0.29, 0.717) is 23.0 Å². The molecule has 0 bridgehead atoms. The summed E-state index contributed by atoms with van der Waals surface area (Å²) in [5, 5.41) is 0.639. The fourth-order valence-corrected chi connectivity index (χ4v) is 3.54. The summed E-state index contributed by atoms with van der Waals surface area (Å²) >= 11 is 5.95. The van der Waals surface area contributed by atoms with E-state index in [1.54, 1.807) is 30.6 Å². The summed E-state index contributed by atoms with van der Waals surface area (Å²) in [7, 11) is 6.05. The monoisotopic (exact) mass is 387 g/mol. The van der Waals surface area contributed by atoms with Crippen molar-refractivity contribution >= 4 is 23.3 Å². The van der Waals surface area contributed by atoms with Crippen LogP contribution in [0, 0.1) is 5.92 Å². The van der Waals surface area contributed by atoms with E-state index >= 15 is 0 Å². The third kappa shape index (κ3) is 5.17. The van der Waals surface area contributed by atoms with Crippen LogP contribution >= 0.6 is 11.6 Å². The molecule has 3 rings (SSSR count). The number of aromatic nitrogens is 2. The normalized spacial score (nSPS) is 18.2. The highest BCUT2D eigenvalue weighted by Crippen LogP contribution is 2.18. The smallest absolute Gasteiger partial charge is 0.253 e. The van der Waals surface area contributed by atoms with Crippen molar-refractivity contribution in [3.8, 4) is 0 Å². The van der Waals surface area contributed by atoms with Crippen LogP contribution in [0.4, 0.5) is 5.82 Å². The minimum atomic E-state index is 0.0589. The maximum atomic E-state index is 12.9. The Morgan fingerprint density at radius 1 is 1.19 bits per heavy atom. The second kappa shape index (κ2) is 8.67. The number of likely N-dealkylation sites (N-methyl/N-ethyl adjacent to an activating group) is 1. The van der Waals surface area contributed by atoms with E-state index < -0.39 is 0 Å². The van der Waals surface area contributed by atoms with Gasteiger partial charge in [-0.25, -0.2) is 9.97 Å². The first-order chi connectivity index (χ1) is 12.9. The quantitative estimate of drug-likeness (QED) is 0.806. The number of benzene rings is 1. The predicted octanol–water partition coefficient (Wildman–Crippen LogP) is 2.44. The molecule has 0 saturated carbocycles. The van der Waals surface area contributed by atoms with Crippen molar-refractivity contribution in [2.45, 2.75) is 6.42 Å². The number of amides is 1. The molecular weight excluding hydrogens is 362 g/mol. The molecule has 0 radical (unpaired) electrons. The van der Waals surface area contributed by atoms with E-state index in [9.17, 15) is 4.79 Å². The number of halogens is 1. The summed E-state index contributed by atoms with van der Waals surface area (Å²) < 4.78 is 0. The fourth-order valence-electron chi connectivity index (χ4n) is 3.41. The molecule has 2 heterocycles. The van der Waals surface area contributed by atoms with Gasteiger partial charge >= 0.3 is 0 Å². The zero-order chi connectivity index (χ0) is 19.4. The second-order valence-corrected chi connectivity index (χ2v) is 7.79. The molecule has 1 amide bonds. The van der Waals surface area contributed by atoms with Crippen molar-refractivity contribution in [2.24, 2.45) is 5.92 Å². The lowest BCUT2D eigenvalue weighted by Gasteiger charge is -2.24. The summed E-state index contributed by atoms with van der Waals surface area (Å²) in [4.78, 5) is 27.9. The standard InChI is InChI=1S/C20H26ClN5O/c1-24(2)19-11-18(22-14-23-19)10-15-12-25(3)8-9-26(13-15)20(27)16-4-6-17(21)7-5-16/h4-7,11,14-15H,8-10,12-13H2,1-3H3/t15-/m1/s1. The number of hydrogen-bond donors (Lipinski definition) is 0. The largest absolute Gasteiger partial charge is 0.363 e. The molecule has 1 aliphatic rings. The average Bonchev–Trinajstić information content (AvgIpc) is 2.83. The molecule has 27 heavy (non-hydrogen) atoms. The fraction of sp³-hybridized carbons (Fsp3) is 0.450. The van der Waals surface area contributed by atoms with E-state index in [2.05, 4.69) is 21.9 Å². The Labute approximate surface area is 165 Å². The maximum absolute atomic E-state index is 12.9. The molecule has 1 aromatic heterocycles. The van der Waals surface area contributed by atoms with Crippen LogP contribution in [0.3, 0.4) is 0 Å². The minimum Gasteiger partial charge on any atom is -0.363 e. The Morgan fingerprint density at radius 2 is 1.93 bits per heavy atom. The molecule has 1 atom stereocenters. The van der Waals surface area contributed by atoms with Crippen LogP contribution in [0.2, 0.25) is 5.02 Å². The van der Waals surface area contributed by atoms with E-state index in [-0.39, 0.29) is 5.91 Å². The van der Waals surface area contributed by atoms with Gasteiger partial charge in [-0.3, -0.25) is 4.79 Å². The molecular formula is C20H26ClN5O. The van der Waals surface area contributed by atoms with Gasteiger partial charge in [0.1, 0.15) is 12.1 Å². The second-order valence-electron chi connectivity index (χ2n) is 7.35. The van der Waals surface area contributed by atoms with E-state index in [1.807, 2.05) is 30.0 Å². The molecule has 144 valence electrons. The first-order valence-electron chi connectivity index (χ1n) is 9.14. The summed E-state index contributed by atoms with van der Waals surface area (Å²) in [6, 6.07) is 9.14. The topological polar surface area (TPSA) is 52.6 Å². The molecule has 0 N–H and O–H groups in total. The van der Waals surface area contributed by atoms with Gasteiger partial charge in [-0.05, 0) is 43.7 Å². The number of nitrogens with zero attached hydrogens (tertiary/aromatic N) is 5. The van der Waals surface area contributed by atoms with E-state index in [1.165, 1.54) is 0 Å². The Morgan fingerprint density at radius 3 is 2.63 bits per heavy atom. The minimum absolute atomic E-state index is 0.0589. The lowest BCUT2D eigenvalue weighted by molar-refractivity contribution is 0.0746. The summed E-state index contributed by atoms with van der Waals surface area (Å²) in [6.07, 6.45) is 2.43. The Kier molecular flexibility index (Phi) is 6.29. The van der Waals surface area contributed by atoms with Crippen molar-refractivity contribution in [2.75, 3.05) is 52.2 Å². The molecule has 1 fully saturated rings. The number of hydrogen-bond acceptors (Lipinski definition) is 5. The van der Waals surface area contributed by atoms with Crippen LogP contribution < -0.4 is 4.90 Å². The van der Waals surface area contributed by atoms with Crippen LogP contribution in [0.15, 0.2) is 36.7 Å². The Bertz CT molecular complexity index is 780. The SMILES string of the molecule is CN1CCN(C(=O)c2ccc(Cl)cc2)C[C@H](Cc2cc(N(C)C)ncn2)C1. The zero-order valence-corrected chi connectivity index (χ0v) is 16.9. The van der Waals surface area contributed by atoms with Gasteiger partial charge in [0.2, 0.25) is 0 Å². The first kappa shape index (κ1) is 19.6. The molecule has 0 aliphatic carbocycles. The lowest BCUT2D eigenvalue weighted by Crippen LogP contribution is -2.36. The summed E-state index contributed by atoms with van der Waals surface area (Å²) in [5.41, 5.74) is 1.69. The first-order valence-corrected chi connectivity index (χ1v) is 9.52. The lowest BCUT2D eigenvalue weighted by atomic mass is 10.0. The van der Waals surface area contributed by atoms with E-state index in [4.69, 9.17) is 11.6 Å². The van der Waals surface area contributed by atoms with Gasteiger partial charge in [0, 0.05) is 62.6 Å². The van der Waals surface area contributed by atoms with Crippen LogP contribution in [0.1, 0.15) is 16.1 Å². The molecule has 0 unspecified atom stereocenters. The van der Waals surface area contributed by atoms with Crippen LogP contribution in [0.5, 0.6) is 0 Å². The van der Waals surface area contributed by atoms with E-state index in [0.717, 1.165) is 37.6 Å². The molecule has 6 nitrogen and oxygen atoms in total. The van der Waals surface area contributed by atoms with Crippen molar-refractivity contribution in [3.63, 3.8) is 0 Å². The van der Waals surface area contributed by atoms with Gasteiger partial charge in [0.05, 0.1) is 0 Å². The number of carbonyl (C=O) groups is 1. The highest BCUT2D eigenvalue weighted by Gasteiger charge is 2.25. The van der Waals surface area contributed by atoms with Gasteiger partial charge in [0.25, 0.3) is 5.91 Å². The predicted molar refractivity (Wildman–Crippen MR) is 108 cm³/mol. The molecule has 1 aliphatic heterocycles. The van der Waals surface area contributed by atoms with Crippen LogP contribution in [0.25, 0.3) is 0 Å². The summed E-state index contributed by atoms with van der Waals surface area (Å²) in [6.45, 7) is 3.24. The molecule has 1 aromatic carbocycles. The highest BCUT2D eigenvalue weighted by atomic mass is 35.5. The van der Waals surface area contributed by atoms with Crippen molar-refractivity contribution < 1.29 is 4.79 Å². The highest BCUT2D eigenvalue weighted by molar-refractivity contribution is 6.30. The Hall–Kier alpha value is -2.18. The zero-order valence-electron chi connectivity index (χ0n) is 16.1. The molecule has 7 heteroatoms. The molecule has 0 spiro atoms. The van der Waals surface area contributed by atoms with Gasteiger partial charge in [-0.2, -0.15) is 0 Å². The average molecular weight is 388 g/mol. The van der Waals surface area contributed by atoms with Gasteiger partial charge in [-0.1, -0.05) is 11.6 Å². The van der Waals surface area contributed by atoms with Crippen molar-refractivity contribution in [3.05, 3.63) is 52.9 Å². The Balaban J connectivity index is 1.74. The van der Waals surface area contributed by atoms with Gasteiger partial charge in [-0.15, -0.1) is 0 Å². The van der Waals surface area contributed by atoms with Crippen LogP contribution in [-0.4, -0.2) is 73.0 Å². The third-order valence-corrected chi connectivity index (χ3v) is 5.10. The summed E-state index contributed by atoms with van der Waals surface area (Å²) in [5.74, 6) is 1.28. The van der Waals surface area contributed by atoms with Crippen molar-refractivity contribution in [1.82, 2.24) is 19.8 Å². The van der Waals surface area contributed by atoms with Gasteiger partial charge < -0.3 is 14.7 Å².